The van der Waals surface area contributed by atoms with Gasteiger partial charge in [-0.3, -0.25) is 4.79 Å². The smallest absolute Gasteiger partial charge is 0.258 e. The molecule has 0 fully saturated rings. The molecule has 0 unspecified atom stereocenters. The summed E-state index contributed by atoms with van der Waals surface area (Å²) in [5, 5.41) is 3.16. The maximum Gasteiger partial charge on any atom is 0.258 e. The third-order valence-electron chi connectivity index (χ3n) is 6.21. The predicted molar refractivity (Wildman–Crippen MR) is 113 cm³/mol. The highest BCUT2D eigenvalue weighted by Gasteiger charge is 2.17. The zero-order chi connectivity index (χ0) is 19.3. The number of benzene rings is 2. The molecule has 2 aromatic carbocycles. The standard InChI is InChI=1S/C25H31NO2/c1-2-24(22-12-11-18-7-3-5-9-20(18)15-22)26-25(27)17-28-23-14-13-19-8-4-6-10-21(19)16-23/h11-16,24H,2-10,17H2,1H3,(H,26,27)/t24-/m0/s1. The summed E-state index contributed by atoms with van der Waals surface area (Å²) >= 11 is 0. The summed E-state index contributed by atoms with van der Waals surface area (Å²) in [7, 11) is 0. The van der Waals surface area contributed by atoms with Crippen molar-refractivity contribution in [3.05, 3.63) is 64.2 Å². The van der Waals surface area contributed by atoms with Crippen molar-refractivity contribution < 1.29 is 9.53 Å². The molecule has 2 aliphatic rings. The Balaban J connectivity index is 1.35. The van der Waals surface area contributed by atoms with E-state index in [1.165, 1.54) is 59.9 Å². The van der Waals surface area contributed by atoms with Crippen LogP contribution in [-0.2, 0) is 30.5 Å². The third kappa shape index (κ3) is 4.40. The number of hydrogen-bond acceptors (Lipinski definition) is 2. The molecule has 2 aromatic rings. The van der Waals surface area contributed by atoms with E-state index in [-0.39, 0.29) is 18.6 Å². The molecule has 4 rings (SSSR count). The van der Waals surface area contributed by atoms with Crippen LogP contribution in [0, 0.1) is 0 Å². The first-order chi connectivity index (χ1) is 13.7. The lowest BCUT2D eigenvalue weighted by Gasteiger charge is -2.22. The minimum atomic E-state index is -0.0534. The molecule has 148 valence electrons. The van der Waals surface area contributed by atoms with E-state index in [0.29, 0.717) is 0 Å². The second-order valence-electron chi connectivity index (χ2n) is 8.19. The van der Waals surface area contributed by atoms with Crippen molar-refractivity contribution in [2.24, 2.45) is 0 Å². The van der Waals surface area contributed by atoms with E-state index < -0.39 is 0 Å². The first-order valence-corrected chi connectivity index (χ1v) is 10.9. The first-order valence-electron chi connectivity index (χ1n) is 10.9. The summed E-state index contributed by atoms with van der Waals surface area (Å²) in [6, 6.07) is 13.1. The molecule has 0 aromatic heterocycles. The quantitative estimate of drug-likeness (QED) is 0.761. The van der Waals surface area contributed by atoms with Crippen molar-refractivity contribution >= 4 is 5.91 Å². The van der Waals surface area contributed by atoms with Gasteiger partial charge in [0.2, 0.25) is 0 Å². The van der Waals surface area contributed by atoms with Crippen molar-refractivity contribution in [3.8, 4) is 5.75 Å². The molecule has 0 spiro atoms. The number of carbonyl (C=O) groups excluding carboxylic acids is 1. The van der Waals surface area contributed by atoms with Crippen molar-refractivity contribution in [1.82, 2.24) is 5.32 Å². The number of fused-ring (bicyclic) bond motifs is 2. The average Bonchev–Trinajstić information content (AvgIpc) is 2.75. The number of hydrogen-bond donors (Lipinski definition) is 1. The van der Waals surface area contributed by atoms with Crippen LogP contribution in [0.1, 0.15) is 72.9 Å². The van der Waals surface area contributed by atoms with Crippen LogP contribution in [0.2, 0.25) is 0 Å². The number of aryl methyl sites for hydroxylation is 4. The Hall–Kier alpha value is -2.29. The number of carbonyl (C=O) groups is 1. The Morgan fingerprint density at radius 2 is 1.50 bits per heavy atom. The summed E-state index contributed by atoms with van der Waals surface area (Å²) in [6.45, 7) is 2.19. The number of rotatable bonds is 6. The lowest BCUT2D eigenvalue weighted by Crippen LogP contribution is -2.32. The van der Waals surface area contributed by atoms with Gasteiger partial charge in [0, 0.05) is 0 Å². The summed E-state index contributed by atoms with van der Waals surface area (Å²) in [6.07, 6.45) is 10.6. The minimum absolute atomic E-state index is 0.0480. The van der Waals surface area contributed by atoms with E-state index in [9.17, 15) is 4.79 Å². The molecular weight excluding hydrogens is 346 g/mol. The van der Waals surface area contributed by atoms with Gasteiger partial charge >= 0.3 is 0 Å². The fourth-order valence-corrected chi connectivity index (χ4v) is 4.58. The Labute approximate surface area is 168 Å². The van der Waals surface area contributed by atoms with Gasteiger partial charge in [0.15, 0.2) is 6.61 Å². The number of nitrogens with one attached hydrogen (secondary N) is 1. The van der Waals surface area contributed by atoms with Crippen LogP contribution in [0.5, 0.6) is 5.75 Å². The summed E-state index contributed by atoms with van der Waals surface area (Å²) in [5.41, 5.74) is 6.96. The van der Waals surface area contributed by atoms with Gasteiger partial charge in [-0.2, -0.15) is 0 Å². The second kappa shape index (κ2) is 8.81. The van der Waals surface area contributed by atoms with Crippen molar-refractivity contribution in [2.75, 3.05) is 6.61 Å². The molecule has 1 N–H and O–H groups in total. The Kier molecular flexibility index (Phi) is 5.99. The summed E-state index contributed by atoms with van der Waals surface area (Å²) < 4.78 is 5.79. The van der Waals surface area contributed by atoms with Crippen LogP contribution in [-0.4, -0.2) is 12.5 Å². The Morgan fingerprint density at radius 3 is 2.18 bits per heavy atom. The lowest BCUT2D eigenvalue weighted by atomic mass is 9.89. The van der Waals surface area contributed by atoms with Crippen molar-refractivity contribution in [3.63, 3.8) is 0 Å². The molecule has 2 aliphatic carbocycles. The normalized spacial score (nSPS) is 16.6. The number of ether oxygens (including phenoxy) is 1. The van der Waals surface area contributed by atoms with E-state index >= 15 is 0 Å². The van der Waals surface area contributed by atoms with E-state index in [0.717, 1.165) is 31.4 Å². The van der Waals surface area contributed by atoms with Gasteiger partial charge in [0.05, 0.1) is 6.04 Å². The zero-order valence-electron chi connectivity index (χ0n) is 16.9. The van der Waals surface area contributed by atoms with E-state index in [4.69, 9.17) is 4.74 Å². The van der Waals surface area contributed by atoms with E-state index in [2.05, 4.69) is 42.6 Å². The maximum absolute atomic E-state index is 12.5. The molecular formula is C25H31NO2. The lowest BCUT2D eigenvalue weighted by molar-refractivity contribution is -0.123. The monoisotopic (exact) mass is 377 g/mol. The molecule has 0 saturated heterocycles. The van der Waals surface area contributed by atoms with Gasteiger partial charge in [-0.25, -0.2) is 0 Å². The number of amides is 1. The predicted octanol–water partition coefficient (Wildman–Crippen LogP) is 5.09. The molecule has 3 nitrogen and oxygen atoms in total. The van der Waals surface area contributed by atoms with Crippen LogP contribution in [0.4, 0.5) is 0 Å². The van der Waals surface area contributed by atoms with Crippen LogP contribution in [0.3, 0.4) is 0 Å². The van der Waals surface area contributed by atoms with Crippen LogP contribution >= 0.6 is 0 Å². The van der Waals surface area contributed by atoms with Crippen LogP contribution in [0.25, 0.3) is 0 Å². The van der Waals surface area contributed by atoms with E-state index in [1.807, 2.05) is 6.07 Å². The maximum atomic E-state index is 12.5. The largest absolute Gasteiger partial charge is 0.484 e. The van der Waals surface area contributed by atoms with Gasteiger partial charge < -0.3 is 10.1 Å². The topological polar surface area (TPSA) is 38.3 Å². The van der Waals surface area contributed by atoms with E-state index in [1.54, 1.807) is 0 Å². The molecule has 28 heavy (non-hydrogen) atoms. The SMILES string of the molecule is CC[C@H](NC(=O)COc1ccc2c(c1)CCCC2)c1ccc2c(c1)CCCC2. The molecule has 0 radical (unpaired) electrons. The zero-order valence-corrected chi connectivity index (χ0v) is 16.9. The minimum Gasteiger partial charge on any atom is -0.484 e. The fraction of sp³-hybridized carbons (Fsp3) is 0.480. The Bertz CT molecular complexity index is 842. The molecule has 0 heterocycles. The van der Waals surface area contributed by atoms with Gasteiger partial charge in [-0.1, -0.05) is 31.2 Å². The highest BCUT2D eigenvalue weighted by atomic mass is 16.5. The summed E-state index contributed by atoms with van der Waals surface area (Å²) in [4.78, 5) is 12.5. The van der Waals surface area contributed by atoms with Crippen molar-refractivity contribution in [1.29, 1.82) is 0 Å². The highest BCUT2D eigenvalue weighted by Crippen LogP contribution is 2.27. The summed E-state index contributed by atoms with van der Waals surface area (Å²) in [5.74, 6) is 0.750. The highest BCUT2D eigenvalue weighted by molar-refractivity contribution is 5.78. The van der Waals surface area contributed by atoms with Gasteiger partial charge in [0.25, 0.3) is 5.91 Å². The van der Waals surface area contributed by atoms with Gasteiger partial charge in [-0.05, 0) is 97.7 Å². The Morgan fingerprint density at radius 1 is 0.893 bits per heavy atom. The molecule has 3 heteroatoms. The van der Waals surface area contributed by atoms with Crippen LogP contribution < -0.4 is 10.1 Å². The molecule has 0 bridgehead atoms. The van der Waals surface area contributed by atoms with Gasteiger partial charge in [-0.15, -0.1) is 0 Å². The molecule has 1 amide bonds. The second-order valence-corrected chi connectivity index (χ2v) is 8.19. The third-order valence-corrected chi connectivity index (χ3v) is 6.21. The molecule has 1 atom stereocenters. The van der Waals surface area contributed by atoms with Crippen molar-refractivity contribution in [2.45, 2.75) is 70.8 Å². The van der Waals surface area contributed by atoms with Gasteiger partial charge in [0.1, 0.15) is 5.75 Å². The van der Waals surface area contributed by atoms with Crippen LogP contribution in [0.15, 0.2) is 36.4 Å². The first kappa shape index (κ1) is 19.0. The molecule has 0 saturated carbocycles. The average molecular weight is 378 g/mol. The fourth-order valence-electron chi connectivity index (χ4n) is 4.58. The molecule has 0 aliphatic heterocycles.